The molecule has 0 aliphatic heterocycles. The molecule has 0 heterocycles. The normalized spacial score (nSPS) is 10.2. The van der Waals surface area contributed by atoms with Gasteiger partial charge < -0.3 is 14.0 Å². The third-order valence-electron chi connectivity index (χ3n) is 0.959. The number of carboxylic acids is 1. The highest BCUT2D eigenvalue weighted by atomic mass is 32.2. The largest absolute Gasteiger partial charge is 0.475 e. The average molecular weight is 268 g/mol. The molecular weight excluding hydrogens is 264 g/mol. The van der Waals surface area contributed by atoms with Gasteiger partial charge in [0.05, 0.1) is 6.26 Å². The molecule has 17 heavy (non-hydrogen) atoms. The van der Waals surface area contributed by atoms with Gasteiger partial charge >= 0.3 is 39.8 Å². The van der Waals surface area contributed by atoms with E-state index >= 15 is 0 Å². The molecule has 0 bridgehead atoms. The summed E-state index contributed by atoms with van der Waals surface area (Å²) in [5.41, 5.74) is 0. The molecule has 0 amide bonds. The summed E-state index contributed by atoms with van der Waals surface area (Å²) in [4.78, 5) is 52.1. The Morgan fingerprint density at radius 1 is 0.941 bits per heavy atom. The van der Waals surface area contributed by atoms with E-state index in [4.69, 9.17) is 5.11 Å². The highest BCUT2D eigenvalue weighted by Gasteiger charge is 2.31. The lowest BCUT2D eigenvalue weighted by atomic mass is 10.4. The van der Waals surface area contributed by atoms with Crippen LogP contribution in [0.15, 0.2) is 0 Å². The van der Waals surface area contributed by atoms with Crippen LogP contribution in [0.4, 0.5) is 0 Å². The number of ketones is 1. The topological polar surface area (TPSA) is 158 Å². The van der Waals surface area contributed by atoms with Crippen LogP contribution in [0, 0.1) is 0 Å². The summed E-state index contributed by atoms with van der Waals surface area (Å²) in [7, 11) is -4.30. The van der Waals surface area contributed by atoms with Crippen LogP contribution in [0.25, 0.3) is 0 Å². The summed E-state index contributed by atoms with van der Waals surface area (Å²) in [6.45, 7) is 0. The molecule has 94 valence electrons. The molecule has 0 atom stereocenters. The van der Waals surface area contributed by atoms with Crippen LogP contribution >= 0.6 is 0 Å². The predicted octanol–water partition coefficient (Wildman–Crippen LogP) is -2.79. The van der Waals surface area contributed by atoms with Crippen molar-refractivity contribution >= 4 is 39.8 Å². The number of hydrogen-bond donors (Lipinski definition) is 1. The molecule has 0 saturated carbocycles. The van der Waals surface area contributed by atoms with Crippen molar-refractivity contribution in [2.75, 3.05) is 6.26 Å². The molecule has 0 aromatic rings. The van der Waals surface area contributed by atoms with E-state index in [1.54, 1.807) is 0 Å². The van der Waals surface area contributed by atoms with Crippen molar-refractivity contribution < 1.29 is 46.4 Å². The van der Waals surface area contributed by atoms with Crippen LogP contribution in [0.2, 0.25) is 0 Å². The van der Waals surface area contributed by atoms with Crippen LogP contribution in [0.5, 0.6) is 0 Å². The molecule has 0 aliphatic rings. The maximum absolute atomic E-state index is 10.6. The molecule has 0 rings (SSSR count). The number of esters is 2. The lowest BCUT2D eigenvalue weighted by Gasteiger charge is -1.99. The Morgan fingerprint density at radius 3 is 1.76 bits per heavy atom. The first-order chi connectivity index (χ1) is 7.54. The quantitative estimate of drug-likeness (QED) is 0.245. The van der Waals surface area contributed by atoms with Gasteiger partial charge in [-0.15, -0.1) is 0 Å². The number of hydrogen-bond acceptors (Lipinski definition) is 9. The molecule has 0 saturated heterocycles. The molecule has 0 aliphatic carbocycles. The van der Waals surface area contributed by atoms with Crippen molar-refractivity contribution in [1.29, 1.82) is 0 Å². The van der Waals surface area contributed by atoms with Gasteiger partial charge in [0.25, 0.3) is 0 Å². The number of carboxylic acid groups (broad SMARTS) is 1. The zero-order valence-corrected chi connectivity index (χ0v) is 8.85. The van der Waals surface area contributed by atoms with Crippen molar-refractivity contribution in [2.24, 2.45) is 0 Å². The minimum absolute atomic E-state index is 0.433. The van der Waals surface area contributed by atoms with Crippen LogP contribution in [-0.4, -0.2) is 49.4 Å². The van der Waals surface area contributed by atoms with Gasteiger partial charge in [-0.1, -0.05) is 0 Å². The smallest absolute Gasteiger partial charge is 0.433 e. The summed E-state index contributed by atoms with van der Waals surface area (Å²) in [6, 6.07) is 0. The Bertz CT molecular complexity index is 497. The summed E-state index contributed by atoms with van der Waals surface area (Å²) in [5, 5.41) is 8.02. The number of Topliss-reactive ketones (excluding diaryl/α,β-unsaturated/α-hetero) is 1. The van der Waals surface area contributed by atoms with Crippen molar-refractivity contribution in [2.45, 2.75) is 0 Å². The maximum Gasteiger partial charge on any atom is 0.433 e. The van der Waals surface area contributed by atoms with Crippen molar-refractivity contribution in [3.63, 3.8) is 0 Å². The van der Waals surface area contributed by atoms with Gasteiger partial charge in [-0.25, -0.2) is 19.2 Å². The van der Waals surface area contributed by atoms with E-state index < -0.39 is 39.8 Å². The van der Waals surface area contributed by atoms with Gasteiger partial charge in [0.1, 0.15) is 0 Å². The third-order valence-corrected chi connectivity index (χ3v) is 1.41. The molecule has 0 aromatic carbocycles. The molecule has 0 radical (unpaired) electrons. The molecule has 0 fully saturated rings. The Balaban J connectivity index is 4.57. The summed E-state index contributed by atoms with van der Waals surface area (Å²) in [5.74, 6) is -10.7. The van der Waals surface area contributed by atoms with Crippen LogP contribution in [0.1, 0.15) is 0 Å². The fourth-order valence-corrected chi connectivity index (χ4v) is 0.774. The zero-order valence-electron chi connectivity index (χ0n) is 8.03. The van der Waals surface area contributed by atoms with E-state index in [-0.39, 0.29) is 0 Å². The van der Waals surface area contributed by atoms with Gasteiger partial charge in [-0.3, -0.25) is 4.79 Å². The maximum atomic E-state index is 10.6. The predicted molar refractivity (Wildman–Crippen MR) is 44.7 cm³/mol. The second-order valence-corrected chi connectivity index (χ2v) is 3.96. The molecule has 1 N–H and O–H groups in total. The molecular formula is C6H4O10S. The minimum atomic E-state index is -4.30. The van der Waals surface area contributed by atoms with E-state index in [2.05, 4.69) is 8.92 Å². The molecule has 0 unspecified atom stereocenters. The Morgan fingerprint density at radius 2 is 1.41 bits per heavy atom. The molecule has 10 nitrogen and oxygen atoms in total. The van der Waals surface area contributed by atoms with Gasteiger partial charge in [0, 0.05) is 0 Å². The van der Waals surface area contributed by atoms with Gasteiger partial charge in [-0.05, 0) is 0 Å². The highest BCUT2D eigenvalue weighted by molar-refractivity contribution is 7.86. The molecule has 0 spiro atoms. The number of carbonyl (C=O) groups excluding carboxylic acids is 4. The highest BCUT2D eigenvalue weighted by Crippen LogP contribution is 1.92. The SMILES string of the molecule is CS(=O)(=O)OC(=O)C(=O)OC(=O)C(=O)C(=O)O. The van der Waals surface area contributed by atoms with Crippen molar-refractivity contribution in [3.05, 3.63) is 0 Å². The first-order valence-corrected chi connectivity index (χ1v) is 5.33. The Labute approximate surface area is 93.2 Å². The first kappa shape index (κ1) is 14.7. The zero-order chi connectivity index (χ0) is 13.8. The van der Waals surface area contributed by atoms with E-state index in [9.17, 15) is 32.4 Å². The van der Waals surface area contributed by atoms with Crippen LogP contribution < -0.4 is 0 Å². The fourth-order valence-electron chi connectivity index (χ4n) is 0.431. The lowest BCUT2D eigenvalue weighted by molar-refractivity contribution is -0.173. The number of aliphatic carboxylic acids is 1. The van der Waals surface area contributed by atoms with E-state index in [1.807, 2.05) is 0 Å². The summed E-state index contributed by atoms with van der Waals surface area (Å²) >= 11 is 0. The third kappa shape index (κ3) is 5.36. The van der Waals surface area contributed by atoms with Gasteiger partial charge in [0.15, 0.2) is 0 Å². The van der Waals surface area contributed by atoms with Gasteiger partial charge in [-0.2, -0.15) is 8.42 Å². The average Bonchev–Trinajstić information content (AvgIpc) is 2.13. The minimum Gasteiger partial charge on any atom is -0.475 e. The lowest BCUT2D eigenvalue weighted by Crippen LogP contribution is -2.32. The molecule has 11 heteroatoms. The van der Waals surface area contributed by atoms with Crippen LogP contribution in [-0.2, 0) is 43.0 Å². The van der Waals surface area contributed by atoms with E-state index in [1.165, 1.54) is 0 Å². The Hall–Kier alpha value is -2.30. The van der Waals surface area contributed by atoms with Gasteiger partial charge in [0.2, 0.25) is 0 Å². The monoisotopic (exact) mass is 268 g/mol. The van der Waals surface area contributed by atoms with Crippen LogP contribution in [0.3, 0.4) is 0 Å². The Kier molecular flexibility index (Phi) is 4.46. The first-order valence-electron chi connectivity index (χ1n) is 3.51. The van der Waals surface area contributed by atoms with Crippen molar-refractivity contribution in [3.8, 4) is 0 Å². The standard InChI is InChI=1S/C6H4O10S/c1-17(13,14)16-6(12)5(11)15-4(10)2(7)3(8)9/h1H3,(H,8,9). The molecule has 0 aromatic heterocycles. The number of ether oxygens (including phenoxy) is 1. The summed E-state index contributed by atoms with van der Waals surface area (Å²) < 4.78 is 27.7. The number of carbonyl (C=O) groups is 5. The second-order valence-electron chi connectivity index (χ2n) is 2.39. The van der Waals surface area contributed by atoms with E-state index in [0.717, 1.165) is 0 Å². The fraction of sp³-hybridized carbons (Fsp3) is 0.167. The number of rotatable bonds is 3. The van der Waals surface area contributed by atoms with E-state index in [0.29, 0.717) is 6.26 Å². The summed E-state index contributed by atoms with van der Waals surface area (Å²) in [6.07, 6.45) is 0.433. The second kappa shape index (κ2) is 5.16. The van der Waals surface area contributed by atoms with Crippen molar-refractivity contribution in [1.82, 2.24) is 0 Å².